The summed E-state index contributed by atoms with van der Waals surface area (Å²) in [5.41, 5.74) is 0.842. The van der Waals surface area contributed by atoms with Gasteiger partial charge in [0.1, 0.15) is 0 Å². The lowest BCUT2D eigenvalue weighted by molar-refractivity contribution is -0.118. The van der Waals surface area contributed by atoms with Crippen LogP contribution in [-0.4, -0.2) is 46.8 Å². The van der Waals surface area contributed by atoms with Gasteiger partial charge in [0, 0.05) is 23.7 Å². The Morgan fingerprint density at radius 3 is 2.95 bits per heavy atom. The molecule has 1 aromatic carbocycles. The quantitative estimate of drug-likeness (QED) is 0.423. The summed E-state index contributed by atoms with van der Waals surface area (Å²) in [6.45, 7) is 0.961. The molecule has 0 saturated heterocycles. The molecule has 22 heavy (non-hydrogen) atoms. The summed E-state index contributed by atoms with van der Waals surface area (Å²) in [5.74, 6) is 6.66. The normalized spacial score (nSPS) is 10.6. The Morgan fingerprint density at radius 1 is 1.45 bits per heavy atom. The number of benzene rings is 1. The minimum atomic E-state index is -0.104. The van der Waals surface area contributed by atoms with Gasteiger partial charge in [-0.1, -0.05) is 39.8 Å². The molecular formula is C13H16BrN5O2S. The molecule has 2 aromatic rings. The fourth-order valence-electron chi connectivity index (χ4n) is 1.68. The van der Waals surface area contributed by atoms with E-state index in [0.29, 0.717) is 24.1 Å². The van der Waals surface area contributed by atoms with Crippen LogP contribution in [0.25, 0.3) is 11.4 Å². The standard InChI is InChI=1S/C13H16BrN5O2S/c1-21-7-6-16-11(20)8-22-13-18-17-12(19(13)15)9-4-2-3-5-10(9)14/h2-5H,6-8,15H2,1H3,(H,16,20). The van der Waals surface area contributed by atoms with Crippen molar-refractivity contribution in [3.63, 3.8) is 0 Å². The van der Waals surface area contributed by atoms with Crippen molar-refractivity contribution < 1.29 is 9.53 Å². The molecule has 0 atom stereocenters. The monoisotopic (exact) mass is 385 g/mol. The summed E-state index contributed by atoms with van der Waals surface area (Å²) in [6, 6.07) is 7.60. The van der Waals surface area contributed by atoms with E-state index in [4.69, 9.17) is 10.6 Å². The molecule has 0 aliphatic carbocycles. The second-order valence-electron chi connectivity index (χ2n) is 4.29. The summed E-state index contributed by atoms with van der Waals surface area (Å²) < 4.78 is 7.13. The third-order valence-electron chi connectivity index (χ3n) is 2.74. The van der Waals surface area contributed by atoms with Crippen LogP contribution in [0.2, 0.25) is 0 Å². The zero-order valence-electron chi connectivity index (χ0n) is 12.0. The molecule has 0 saturated carbocycles. The Morgan fingerprint density at radius 2 is 2.23 bits per heavy atom. The molecule has 1 aromatic heterocycles. The lowest BCUT2D eigenvalue weighted by atomic mass is 10.2. The van der Waals surface area contributed by atoms with Gasteiger partial charge in [0.15, 0.2) is 5.82 Å². The van der Waals surface area contributed by atoms with E-state index in [1.54, 1.807) is 7.11 Å². The van der Waals surface area contributed by atoms with E-state index in [2.05, 4.69) is 31.4 Å². The molecule has 0 fully saturated rings. The van der Waals surface area contributed by atoms with E-state index >= 15 is 0 Å². The number of halogens is 1. The maximum absolute atomic E-state index is 11.6. The van der Waals surface area contributed by atoms with E-state index in [-0.39, 0.29) is 11.7 Å². The predicted molar refractivity (Wildman–Crippen MR) is 88.9 cm³/mol. The zero-order chi connectivity index (χ0) is 15.9. The number of hydrogen-bond acceptors (Lipinski definition) is 6. The van der Waals surface area contributed by atoms with Crippen molar-refractivity contribution in [1.29, 1.82) is 0 Å². The summed E-state index contributed by atoms with van der Waals surface area (Å²) in [7, 11) is 1.58. The van der Waals surface area contributed by atoms with Crippen molar-refractivity contribution in [2.24, 2.45) is 0 Å². The highest BCUT2D eigenvalue weighted by molar-refractivity contribution is 9.10. The van der Waals surface area contributed by atoms with E-state index in [0.717, 1.165) is 10.0 Å². The first-order valence-corrected chi connectivity index (χ1v) is 8.25. The fraction of sp³-hybridized carbons (Fsp3) is 0.308. The number of hydrogen-bond donors (Lipinski definition) is 2. The second kappa shape index (κ2) is 8.16. The van der Waals surface area contributed by atoms with Crippen molar-refractivity contribution in [2.75, 3.05) is 31.9 Å². The lowest BCUT2D eigenvalue weighted by Gasteiger charge is -2.06. The average Bonchev–Trinajstić information content (AvgIpc) is 2.87. The largest absolute Gasteiger partial charge is 0.383 e. The summed E-state index contributed by atoms with van der Waals surface area (Å²) in [4.78, 5) is 11.6. The topological polar surface area (TPSA) is 95.1 Å². The van der Waals surface area contributed by atoms with Crippen molar-refractivity contribution >= 4 is 33.6 Å². The summed E-state index contributed by atoms with van der Waals surface area (Å²) in [5, 5.41) is 11.3. The number of rotatable bonds is 7. The number of nitrogens with zero attached hydrogens (tertiary/aromatic N) is 3. The molecule has 1 heterocycles. The number of carbonyl (C=O) groups is 1. The van der Waals surface area contributed by atoms with Crippen LogP contribution < -0.4 is 11.2 Å². The number of nitrogens with one attached hydrogen (secondary N) is 1. The van der Waals surface area contributed by atoms with Crippen molar-refractivity contribution in [3.8, 4) is 11.4 Å². The number of methoxy groups -OCH3 is 1. The average molecular weight is 386 g/mol. The Kier molecular flexibility index (Phi) is 6.22. The minimum Gasteiger partial charge on any atom is -0.383 e. The van der Waals surface area contributed by atoms with Crippen molar-refractivity contribution in [2.45, 2.75) is 5.16 Å². The van der Waals surface area contributed by atoms with Gasteiger partial charge in [-0.05, 0) is 12.1 Å². The highest BCUT2D eigenvalue weighted by Gasteiger charge is 2.15. The molecule has 0 radical (unpaired) electrons. The number of aromatic nitrogens is 3. The molecule has 0 spiro atoms. The number of carbonyl (C=O) groups excluding carboxylic acids is 1. The van der Waals surface area contributed by atoms with Gasteiger partial charge in [0.2, 0.25) is 11.1 Å². The number of nitrogens with two attached hydrogens (primary N) is 1. The number of nitrogen functional groups attached to an aromatic ring is 1. The fourth-order valence-corrected chi connectivity index (χ4v) is 2.82. The first kappa shape index (κ1) is 16.8. The molecule has 7 nitrogen and oxygen atoms in total. The van der Waals surface area contributed by atoms with Crippen LogP contribution in [-0.2, 0) is 9.53 Å². The van der Waals surface area contributed by atoms with Crippen LogP contribution in [0.1, 0.15) is 0 Å². The van der Waals surface area contributed by atoms with Gasteiger partial charge >= 0.3 is 0 Å². The van der Waals surface area contributed by atoms with Crippen LogP contribution in [0, 0.1) is 0 Å². The molecule has 0 unspecified atom stereocenters. The van der Waals surface area contributed by atoms with Crippen LogP contribution in [0.15, 0.2) is 33.9 Å². The van der Waals surface area contributed by atoms with Gasteiger partial charge in [-0.3, -0.25) is 4.79 Å². The highest BCUT2D eigenvalue weighted by Crippen LogP contribution is 2.27. The van der Waals surface area contributed by atoms with E-state index in [1.165, 1.54) is 16.4 Å². The molecule has 2 rings (SSSR count). The van der Waals surface area contributed by atoms with Gasteiger partial charge in [0.25, 0.3) is 0 Å². The third-order valence-corrected chi connectivity index (χ3v) is 4.37. The predicted octanol–water partition coefficient (Wildman–Crippen LogP) is 1.28. The third kappa shape index (κ3) is 4.21. The van der Waals surface area contributed by atoms with Gasteiger partial charge in [0.05, 0.1) is 12.4 Å². The van der Waals surface area contributed by atoms with Crippen molar-refractivity contribution in [1.82, 2.24) is 20.2 Å². The van der Waals surface area contributed by atoms with Gasteiger partial charge in [-0.2, -0.15) is 0 Å². The summed E-state index contributed by atoms with van der Waals surface area (Å²) in [6.07, 6.45) is 0. The maximum Gasteiger partial charge on any atom is 0.230 e. The Bertz CT molecular complexity index is 649. The van der Waals surface area contributed by atoms with E-state index in [9.17, 15) is 4.79 Å². The number of thioether (sulfide) groups is 1. The molecular weight excluding hydrogens is 370 g/mol. The Hall–Kier alpha value is -1.58. The molecule has 1 amide bonds. The van der Waals surface area contributed by atoms with E-state index in [1.807, 2.05) is 24.3 Å². The summed E-state index contributed by atoms with van der Waals surface area (Å²) >= 11 is 4.69. The van der Waals surface area contributed by atoms with Crippen molar-refractivity contribution in [3.05, 3.63) is 28.7 Å². The Balaban J connectivity index is 2.00. The molecule has 0 bridgehead atoms. The van der Waals surface area contributed by atoms with Gasteiger partial charge < -0.3 is 15.9 Å². The zero-order valence-corrected chi connectivity index (χ0v) is 14.4. The lowest BCUT2D eigenvalue weighted by Crippen LogP contribution is -2.28. The number of amides is 1. The maximum atomic E-state index is 11.6. The van der Waals surface area contributed by atoms with Gasteiger partial charge in [-0.15, -0.1) is 10.2 Å². The van der Waals surface area contributed by atoms with E-state index < -0.39 is 0 Å². The van der Waals surface area contributed by atoms with Gasteiger partial charge in [-0.25, -0.2) is 4.68 Å². The molecule has 0 aliphatic rings. The minimum absolute atomic E-state index is 0.104. The smallest absolute Gasteiger partial charge is 0.230 e. The second-order valence-corrected chi connectivity index (χ2v) is 6.08. The first-order valence-electron chi connectivity index (χ1n) is 6.47. The first-order chi connectivity index (χ1) is 10.6. The van der Waals surface area contributed by atoms with Crippen LogP contribution in [0.3, 0.4) is 0 Å². The van der Waals surface area contributed by atoms with Crippen LogP contribution >= 0.6 is 27.7 Å². The number of ether oxygens (including phenoxy) is 1. The SMILES string of the molecule is COCCNC(=O)CSc1nnc(-c2ccccc2Br)n1N. The van der Waals surface area contributed by atoms with Crippen LogP contribution in [0.4, 0.5) is 0 Å². The molecule has 3 N–H and O–H groups in total. The Labute approximate surface area is 140 Å². The van der Waals surface area contributed by atoms with Crippen LogP contribution in [0.5, 0.6) is 0 Å². The molecule has 0 aliphatic heterocycles. The molecule has 118 valence electrons. The molecule has 9 heteroatoms. The highest BCUT2D eigenvalue weighted by atomic mass is 79.9.